The average molecular weight is 450 g/mol. The Morgan fingerprint density at radius 1 is 1.12 bits per heavy atom. The number of hydrogen-bond acceptors (Lipinski definition) is 5. The predicted molar refractivity (Wildman–Crippen MR) is 138 cm³/mol. The van der Waals surface area contributed by atoms with Crippen LogP contribution in [0.4, 0.5) is 10.1 Å². The van der Waals surface area contributed by atoms with E-state index in [2.05, 4.69) is 29.2 Å². The number of benzene rings is 1. The van der Waals surface area contributed by atoms with Gasteiger partial charge >= 0.3 is 0 Å². The molecule has 0 spiro atoms. The van der Waals surface area contributed by atoms with E-state index < -0.39 is 6.17 Å². The minimum Gasteiger partial charge on any atom is -0.397 e. The Morgan fingerprint density at radius 2 is 1.85 bits per heavy atom. The van der Waals surface area contributed by atoms with Gasteiger partial charge in [0.1, 0.15) is 0 Å². The Morgan fingerprint density at radius 3 is 2.52 bits per heavy atom. The summed E-state index contributed by atoms with van der Waals surface area (Å²) >= 11 is 0. The van der Waals surface area contributed by atoms with Crippen LogP contribution in [0, 0.1) is 0 Å². The molecule has 0 saturated heterocycles. The Kier molecular flexibility index (Phi) is 9.16. The van der Waals surface area contributed by atoms with E-state index in [0.29, 0.717) is 18.7 Å². The summed E-state index contributed by atoms with van der Waals surface area (Å²) in [5.74, 6) is 0.138. The summed E-state index contributed by atoms with van der Waals surface area (Å²) in [4.78, 5) is 9.70. The number of nitrogen functional groups attached to an aromatic ring is 1. The van der Waals surface area contributed by atoms with Crippen molar-refractivity contribution in [1.82, 2.24) is 10.4 Å². The third kappa shape index (κ3) is 6.98. The lowest BCUT2D eigenvalue weighted by molar-refractivity contribution is 0.324. The topological polar surface area (TPSA) is 75.7 Å². The van der Waals surface area contributed by atoms with Gasteiger partial charge in [-0.1, -0.05) is 30.3 Å². The van der Waals surface area contributed by atoms with Gasteiger partial charge in [0, 0.05) is 24.2 Å². The molecule has 1 aliphatic carbocycles. The van der Waals surface area contributed by atoms with Gasteiger partial charge in [0.15, 0.2) is 0 Å². The van der Waals surface area contributed by atoms with Crippen molar-refractivity contribution in [2.75, 3.05) is 12.8 Å². The number of aromatic nitrogens is 1. The van der Waals surface area contributed by atoms with Crippen molar-refractivity contribution in [3.8, 4) is 11.3 Å². The Labute approximate surface area is 197 Å². The number of rotatable bonds is 10. The highest BCUT2D eigenvalue weighted by molar-refractivity contribution is 6.42. The second kappa shape index (κ2) is 12.3. The highest BCUT2D eigenvalue weighted by Crippen LogP contribution is 2.30. The number of aliphatic imine (C=N–C) groups is 1. The number of hydrazone groups is 1. The van der Waals surface area contributed by atoms with E-state index in [9.17, 15) is 4.39 Å². The van der Waals surface area contributed by atoms with Crippen LogP contribution in [0.15, 0.2) is 59.1 Å². The summed E-state index contributed by atoms with van der Waals surface area (Å²) < 4.78 is 13.4. The molecule has 2 atom stereocenters. The second-order valence-electron chi connectivity index (χ2n) is 8.70. The van der Waals surface area contributed by atoms with Crippen LogP contribution in [-0.4, -0.2) is 29.6 Å². The van der Waals surface area contributed by atoms with Crippen LogP contribution in [0.3, 0.4) is 0 Å². The first-order chi connectivity index (χ1) is 16.0. The van der Waals surface area contributed by atoms with Crippen LogP contribution in [0.2, 0.25) is 0 Å². The maximum absolute atomic E-state index is 13.4. The van der Waals surface area contributed by atoms with E-state index in [0.717, 1.165) is 59.6 Å². The van der Waals surface area contributed by atoms with Gasteiger partial charge in [0.2, 0.25) is 0 Å². The molecule has 1 heterocycles. The minimum absolute atomic E-state index is 0.138. The standard InChI is InChI=1S/C27H36FN5/c1-4-7-21(13-10-19(2)28)24-17-16-23(29)27(32-24)22-14-11-20(12-15-22)18-31-25-8-5-6-9-26(25)33-30-3/h4,11-12,14-17,19,21,30H,1,5-10,13,18,29H2,2-3H3/b31-25?,33-26+. The zero-order chi connectivity index (χ0) is 23.6. The van der Waals surface area contributed by atoms with E-state index in [1.807, 2.05) is 37.4 Å². The maximum Gasteiger partial charge on any atom is 0.0973 e. The lowest BCUT2D eigenvalue weighted by Gasteiger charge is -2.17. The monoisotopic (exact) mass is 449 g/mol. The van der Waals surface area contributed by atoms with Crippen LogP contribution < -0.4 is 11.2 Å². The zero-order valence-electron chi connectivity index (χ0n) is 19.9. The maximum atomic E-state index is 13.4. The number of anilines is 1. The first-order valence-corrected chi connectivity index (χ1v) is 11.9. The number of hydrogen-bond donors (Lipinski definition) is 2. The largest absolute Gasteiger partial charge is 0.397 e. The summed E-state index contributed by atoms with van der Waals surface area (Å²) in [6, 6.07) is 12.1. The molecule has 0 amide bonds. The summed E-state index contributed by atoms with van der Waals surface area (Å²) in [7, 11) is 1.83. The predicted octanol–water partition coefficient (Wildman–Crippen LogP) is 6.22. The molecule has 3 N–H and O–H groups in total. The molecule has 1 aliphatic rings. The van der Waals surface area contributed by atoms with Crippen LogP contribution in [0.1, 0.15) is 69.0 Å². The van der Waals surface area contributed by atoms with Gasteiger partial charge in [0.25, 0.3) is 0 Å². The smallest absolute Gasteiger partial charge is 0.0973 e. The van der Waals surface area contributed by atoms with Crippen molar-refractivity contribution in [3.63, 3.8) is 0 Å². The van der Waals surface area contributed by atoms with E-state index in [-0.39, 0.29) is 5.92 Å². The fourth-order valence-electron chi connectivity index (χ4n) is 4.22. The number of nitrogens with two attached hydrogens (primary N) is 1. The normalized spacial score (nSPS) is 18.3. The molecule has 1 saturated carbocycles. The molecule has 1 fully saturated rings. The number of nitrogens with one attached hydrogen (secondary N) is 1. The number of halogens is 1. The quantitative estimate of drug-likeness (QED) is 0.334. The molecule has 0 bridgehead atoms. The molecule has 3 rings (SSSR count). The van der Waals surface area contributed by atoms with E-state index in [4.69, 9.17) is 15.7 Å². The molecular weight excluding hydrogens is 413 g/mol. The first-order valence-electron chi connectivity index (χ1n) is 11.9. The van der Waals surface area contributed by atoms with Crippen LogP contribution in [0.5, 0.6) is 0 Å². The van der Waals surface area contributed by atoms with Crippen molar-refractivity contribution in [3.05, 3.63) is 60.3 Å². The first kappa shape index (κ1) is 24.6. The molecule has 1 aromatic heterocycles. The van der Waals surface area contributed by atoms with Crippen molar-refractivity contribution in [1.29, 1.82) is 0 Å². The van der Waals surface area contributed by atoms with Gasteiger partial charge in [-0.3, -0.25) is 9.98 Å². The lowest BCUT2D eigenvalue weighted by Crippen LogP contribution is -2.21. The average Bonchev–Trinajstić information content (AvgIpc) is 2.82. The molecule has 2 unspecified atom stereocenters. The Hall–Kier alpha value is -3.02. The summed E-state index contributed by atoms with van der Waals surface area (Å²) in [6.45, 7) is 6.09. The fraction of sp³-hybridized carbons (Fsp3) is 0.444. The van der Waals surface area contributed by atoms with Gasteiger partial charge < -0.3 is 11.2 Å². The van der Waals surface area contributed by atoms with Gasteiger partial charge in [-0.25, -0.2) is 4.39 Å². The molecule has 176 valence electrons. The van der Waals surface area contributed by atoms with Gasteiger partial charge in [0.05, 0.1) is 35.5 Å². The van der Waals surface area contributed by atoms with Crippen molar-refractivity contribution < 1.29 is 4.39 Å². The molecule has 1 aromatic carbocycles. The highest BCUT2D eigenvalue weighted by Gasteiger charge is 2.17. The number of allylic oxidation sites excluding steroid dienone is 1. The highest BCUT2D eigenvalue weighted by atomic mass is 19.1. The molecule has 0 aliphatic heterocycles. The van der Waals surface area contributed by atoms with Crippen LogP contribution >= 0.6 is 0 Å². The van der Waals surface area contributed by atoms with E-state index >= 15 is 0 Å². The van der Waals surface area contributed by atoms with E-state index in [1.54, 1.807) is 6.92 Å². The molecule has 6 heteroatoms. The zero-order valence-corrected chi connectivity index (χ0v) is 19.9. The number of nitrogens with zero attached hydrogens (tertiary/aromatic N) is 3. The molecule has 5 nitrogen and oxygen atoms in total. The van der Waals surface area contributed by atoms with Crippen LogP contribution in [0.25, 0.3) is 11.3 Å². The van der Waals surface area contributed by atoms with Crippen molar-refractivity contribution >= 4 is 17.1 Å². The Balaban J connectivity index is 1.77. The Bertz CT molecular complexity index is 979. The van der Waals surface area contributed by atoms with Crippen LogP contribution in [-0.2, 0) is 6.54 Å². The summed E-state index contributed by atoms with van der Waals surface area (Å²) in [5, 5.41) is 4.39. The molecule has 0 radical (unpaired) electrons. The summed E-state index contributed by atoms with van der Waals surface area (Å²) in [6.07, 6.45) is 7.37. The van der Waals surface area contributed by atoms with Gasteiger partial charge in [-0.2, -0.15) is 5.10 Å². The second-order valence-corrected chi connectivity index (χ2v) is 8.70. The lowest BCUT2D eigenvalue weighted by atomic mass is 9.93. The third-order valence-corrected chi connectivity index (χ3v) is 6.07. The summed E-state index contributed by atoms with van der Waals surface area (Å²) in [5.41, 5.74) is 15.8. The molecule has 2 aromatic rings. The van der Waals surface area contributed by atoms with E-state index in [1.165, 1.54) is 12.8 Å². The van der Waals surface area contributed by atoms with Gasteiger partial charge in [-0.05, 0) is 69.6 Å². The number of pyridine rings is 1. The fourth-order valence-corrected chi connectivity index (χ4v) is 4.22. The third-order valence-electron chi connectivity index (χ3n) is 6.07. The van der Waals surface area contributed by atoms with Crippen molar-refractivity contribution in [2.45, 2.75) is 70.5 Å². The van der Waals surface area contributed by atoms with Crippen molar-refractivity contribution in [2.24, 2.45) is 10.1 Å². The molecular formula is C27H36FN5. The SMILES string of the molecule is C=CCC(CCC(C)F)c1ccc(N)c(-c2ccc(CN=C3CCCC/C3=N\NC)cc2)n1. The van der Waals surface area contributed by atoms with Gasteiger partial charge in [-0.15, -0.1) is 6.58 Å². The minimum atomic E-state index is -0.823. The number of alkyl halides is 1. The molecule has 33 heavy (non-hydrogen) atoms.